The van der Waals surface area contributed by atoms with E-state index in [4.69, 9.17) is 4.74 Å². The molecule has 0 bridgehead atoms. The predicted molar refractivity (Wildman–Crippen MR) is 95.6 cm³/mol. The number of fused-ring (bicyclic) bond motifs is 1. The SMILES string of the molecule is C=C/C=C(\C)CCC(C)CC(CC)c1ccc2c(c1)CCO2. The van der Waals surface area contributed by atoms with Crippen molar-refractivity contribution in [1.82, 2.24) is 0 Å². The maximum atomic E-state index is 5.62. The summed E-state index contributed by atoms with van der Waals surface area (Å²) in [4.78, 5) is 0. The van der Waals surface area contributed by atoms with Crippen molar-refractivity contribution >= 4 is 0 Å². The summed E-state index contributed by atoms with van der Waals surface area (Å²) < 4.78 is 5.62. The molecule has 0 spiro atoms. The maximum absolute atomic E-state index is 5.62. The maximum Gasteiger partial charge on any atom is 0.122 e. The van der Waals surface area contributed by atoms with Crippen molar-refractivity contribution in [3.63, 3.8) is 0 Å². The van der Waals surface area contributed by atoms with Crippen molar-refractivity contribution in [2.24, 2.45) is 5.92 Å². The molecule has 120 valence electrons. The van der Waals surface area contributed by atoms with Gasteiger partial charge in [0.1, 0.15) is 5.75 Å². The van der Waals surface area contributed by atoms with Gasteiger partial charge >= 0.3 is 0 Å². The van der Waals surface area contributed by atoms with Crippen LogP contribution in [0.4, 0.5) is 0 Å². The average molecular weight is 298 g/mol. The second-order valence-corrected chi connectivity index (χ2v) is 6.70. The minimum atomic E-state index is 0.671. The minimum absolute atomic E-state index is 0.671. The van der Waals surface area contributed by atoms with Gasteiger partial charge < -0.3 is 4.74 Å². The number of allylic oxidation sites excluding steroid dienone is 3. The molecule has 22 heavy (non-hydrogen) atoms. The van der Waals surface area contributed by atoms with Crippen molar-refractivity contribution < 1.29 is 4.74 Å². The number of rotatable bonds is 8. The van der Waals surface area contributed by atoms with Crippen LogP contribution in [0.2, 0.25) is 0 Å². The van der Waals surface area contributed by atoms with Crippen LogP contribution in [0.25, 0.3) is 0 Å². The molecule has 1 aliphatic rings. The molecule has 0 radical (unpaired) electrons. The summed E-state index contributed by atoms with van der Waals surface area (Å²) in [5.41, 5.74) is 4.33. The van der Waals surface area contributed by atoms with Gasteiger partial charge in [-0.3, -0.25) is 0 Å². The van der Waals surface area contributed by atoms with Gasteiger partial charge in [-0.05, 0) is 61.6 Å². The summed E-state index contributed by atoms with van der Waals surface area (Å²) >= 11 is 0. The minimum Gasteiger partial charge on any atom is -0.493 e. The summed E-state index contributed by atoms with van der Waals surface area (Å²) in [5.74, 6) is 2.52. The lowest BCUT2D eigenvalue weighted by molar-refractivity contribution is 0.356. The molecule has 0 saturated carbocycles. The van der Waals surface area contributed by atoms with Crippen molar-refractivity contribution in [3.8, 4) is 5.75 Å². The third kappa shape index (κ3) is 4.50. The fraction of sp³-hybridized carbons (Fsp3) is 0.524. The molecule has 1 nitrogen and oxygen atoms in total. The molecule has 1 heterocycles. The molecule has 1 aromatic carbocycles. The first-order valence-corrected chi connectivity index (χ1v) is 8.67. The molecule has 0 fully saturated rings. The Morgan fingerprint density at radius 1 is 1.41 bits per heavy atom. The summed E-state index contributed by atoms with van der Waals surface area (Å²) in [6, 6.07) is 6.82. The Kier molecular flexibility index (Phi) is 6.30. The zero-order valence-corrected chi connectivity index (χ0v) is 14.4. The van der Waals surface area contributed by atoms with Gasteiger partial charge in [0.05, 0.1) is 6.61 Å². The Bertz CT molecular complexity index is 527. The Morgan fingerprint density at radius 3 is 2.95 bits per heavy atom. The van der Waals surface area contributed by atoms with E-state index in [0.29, 0.717) is 5.92 Å². The van der Waals surface area contributed by atoms with E-state index in [1.54, 1.807) is 0 Å². The smallest absolute Gasteiger partial charge is 0.122 e. The van der Waals surface area contributed by atoms with E-state index in [1.807, 2.05) is 6.08 Å². The highest BCUT2D eigenvalue weighted by Crippen LogP contribution is 2.34. The highest BCUT2D eigenvalue weighted by Gasteiger charge is 2.18. The summed E-state index contributed by atoms with van der Waals surface area (Å²) in [6.45, 7) is 11.5. The predicted octanol–water partition coefficient (Wildman–Crippen LogP) is 6.05. The number of benzene rings is 1. The van der Waals surface area contributed by atoms with Crippen molar-refractivity contribution in [3.05, 3.63) is 53.6 Å². The van der Waals surface area contributed by atoms with Crippen LogP contribution in [0, 0.1) is 5.92 Å². The van der Waals surface area contributed by atoms with Gasteiger partial charge in [-0.2, -0.15) is 0 Å². The highest BCUT2D eigenvalue weighted by atomic mass is 16.5. The van der Waals surface area contributed by atoms with Crippen LogP contribution in [0.1, 0.15) is 63.5 Å². The van der Waals surface area contributed by atoms with E-state index in [1.165, 1.54) is 42.4 Å². The molecule has 2 unspecified atom stereocenters. The molecule has 0 saturated heterocycles. The summed E-state index contributed by atoms with van der Waals surface area (Å²) in [6.07, 6.45) is 10.0. The van der Waals surface area contributed by atoms with Crippen molar-refractivity contribution in [2.75, 3.05) is 6.61 Å². The molecule has 1 aliphatic heterocycles. The molecular weight excluding hydrogens is 268 g/mol. The van der Waals surface area contributed by atoms with Crippen LogP contribution >= 0.6 is 0 Å². The molecule has 0 aromatic heterocycles. The first-order chi connectivity index (χ1) is 10.6. The van der Waals surface area contributed by atoms with Gasteiger partial charge in [-0.1, -0.05) is 50.3 Å². The van der Waals surface area contributed by atoms with E-state index in [2.05, 4.69) is 51.6 Å². The fourth-order valence-electron chi connectivity index (χ4n) is 3.36. The molecule has 1 heteroatoms. The van der Waals surface area contributed by atoms with Crippen LogP contribution in [-0.4, -0.2) is 6.61 Å². The largest absolute Gasteiger partial charge is 0.493 e. The quantitative estimate of drug-likeness (QED) is 0.530. The summed E-state index contributed by atoms with van der Waals surface area (Å²) in [7, 11) is 0. The Hall–Kier alpha value is -1.50. The molecule has 2 rings (SSSR count). The van der Waals surface area contributed by atoms with Gasteiger partial charge in [-0.25, -0.2) is 0 Å². The van der Waals surface area contributed by atoms with Crippen molar-refractivity contribution in [1.29, 1.82) is 0 Å². The standard InChI is InChI=1S/C21H30O/c1-5-7-16(3)8-9-17(4)14-18(6-2)19-10-11-21-20(15-19)12-13-22-21/h5,7,10-11,15,17-18H,1,6,8-9,12-14H2,2-4H3/b16-7+. The normalized spacial score (nSPS) is 16.8. The first-order valence-electron chi connectivity index (χ1n) is 8.67. The third-order valence-electron chi connectivity index (χ3n) is 4.80. The highest BCUT2D eigenvalue weighted by molar-refractivity contribution is 5.40. The monoisotopic (exact) mass is 298 g/mol. The molecular formula is C21H30O. The summed E-state index contributed by atoms with van der Waals surface area (Å²) in [5, 5.41) is 0. The molecule has 0 aliphatic carbocycles. The van der Waals surface area contributed by atoms with Gasteiger partial charge in [-0.15, -0.1) is 0 Å². The van der Waals surface area contributed by atoms with E-state index < -0.39 is 0 Å². The van der Waals surface area contributed by atoms with E-state index >= 15 is 0 Å². The number of ether oxygens (including phenoxy) is 1. The third-order valence-corrected chi connectivity index (χ3v) is 4.80. The average Bonchev–Trinajstić information content (AvgIpc) is 2.98. The van der Waals surface area contributed by atoms with E-state index in [0.717, 1.165) is 24.7 Å². The van der Waals surface area contributed by atoms with Gasteiger partial charge in [0.25, 0.3) is 0 Å². The number of hydrogen-bond donors (Lipinski definition) is 0. The second-order valence-electron chi connectivity index (χ2n) is 6.70. The zero-order chi connectivity index (χ0) is 15.9. The van der Waals surface area contributed by atoms with Gasteiger partial charge in [0.15, 0.2) is 0 Å². The first kappa shape index (κ1) is 16.9. The fourth-order valence-corrected chi connectivity index (χ4v) is 3.36. The number of hydrogen-bond acceptors (Lipinski definition) is 1. The molecule has 0 amide bonds. The topological polar surface area (TPSA) is 9.23 Å². The van der Waals surface area contributed by atoms with Crippen LogP contribution in [0.3, 0.4) is 0 Å². The van der Waals surface area contributed by atoms with Crippen molar-refractivity contribution in [2.45, 2.75) is 58.8 Å². The van der Waals surface area contributed by atoms with E-state index in [-0.39, 0.29) is 0 Å². The molecule has 0 N–H and O–H groups in total. The molecule has 2 atom stereocenters. The zero-order valence-electron chi connectivity index (χ0n) is 14.4. The van der Waals surface area contributed by atoms with E-state index in [9.17, 15) is 0 Å². The lowest BCUT2D eigenvalue weighted by Crippen LogP contribution is -2.05. The Balaban J connectivity index is 1.94. The van der Waals surface area contributed by atoms with Crippen LogP contribution < -0.4 is 4.74 Å². The van der Waals surface area contributed by atoms with Crippen LogP contribution in [-0.2, 0) is 6.42 Å². The lowest BCUT2D eigenvalue weighted by Gasteiger charge is -2.21. The van der Waals surface area contributed by atoms with Gasteiger partial charge in [0, 0.05) is 6.42 Å². The lowest BCUT2D eigenvalue weighted by atomic mass is 9.84. The van der Waals surface area contributed by atoms with Crippen LogP contribution in [0.15, 0.2) is 42.5 Å². The van der Waals surface area contributed by atoms with Gasteiger partial charge in [0.2, 0.25) is 0 Å². The molecule has 1 aromatic rings. The van der Waals surface area contributed by atoms with Crippen LogP contribution in [0.5, 0.6) is 5.75 Å². The Morgan fingerprint density at radius 2 is 2.23 bits per heavy atom. The second kappa shape index (κ2) is 8.22. The Labute approximate surface area is 136 Å².